The summed E-state index contributed by atoms with van der Waals surface area (Å²) >= 11 is 5.06. The fourth-order valence-corrected chi connectivity index (χ4v) is 2.58. The molecular weight excluding hydrogens is 284 g/mol. The minimum atomic E-state index is -1.18. The van der Waals surface area contributed by atoms with Crippen LogP contribution in [0.3, 0.4) is 0 Å². The molecule has 1 aliphatic heterocycles. The van der Waals surface area contributed by atoms with Gasteiger partial charge in [0.2, 0.25) is 0 Å². The number of aromatic amines is 1. The van der Waals surface area contributed by atoms with Gasteiger partial charge in [-0.15, -0.1) is 0 Å². The van der Waals surface area contributed by atoms with E-state index in [1.807, 2.05) is 0 Å². The Morgan fingerprint density at radius 3 is 2.80 bits per heavy atom. The minimum Gasteiger partial charge on any atom is -0.391 e. The highest BCUT2D eigenvalue weighted by Gasteiger charge is 2.46. The van der Waals surface area contributed by atoms with Gasteiger partial charge in [0.15, 0.2) is 10.9 Å². The van der Waals surface area contributed by atoms with Crippen molar-refractivity contribution < 1.29 is 20.1 Å². The predicted molar refractivity (Wildman–Crippen MR) is 70.3 cm³/mol. The smallest absolute Gasteiger partial charge is 0.165 e. The molecule has 0 saturated carbocycles. The second-order valence-electron chi connectivity index (χ2n) is 4.77. The summed E-state index contributed by atoms with van der Waals surface area (Å²) in [6.45, 7) is 1.49. The topological polar surface area (TPSA) is 116 Å². The molecule has 108 valence electrons. The number of aromatic nitrogens is 4. The maximum atomic E-state index is 10.1. The monoisotopic (exact) mass is 298 g/mol. The number of imidazole rings is 1. The van der Waals surface area contributed by atoms with Crippen LogP contribution in [0, 0.1) is 4.64 Å². The number of H-pyrrole nitrogens is 1. The number of rotatable bonds is 2. The number of nitrogens with one attached hydrogen (secondary N) is 1. The zero-order valence-electron chi connectivity index (χ0n) is 10.5. The molecule has 0 aromatic carbocycles. The molecule has 0 spiro atoms. The van der Waals surface area contributed by atoms with Gasteiger partial charge in [-0.3, -0.25) is 4.57 Å². The maximum absolute atomic E-state index is 10.1. The molecule has 4 N–H and O–H groups in total. The number of hydrogen-bond acceptors (Lipinski definition) is 7. The van der Waals surface area contributed by atoms with E-state index in [0.29, 0.717) is 15.8 Å². The predicted octanol–water partition coefficient (Wildman–Crippen LogP) is -0.511. The molecule has 1 saturated heterocycles. The summed E-state index contributed by atoms with van der Waals surface area (Å²) in [7, 11) is 0. The lowest BCUT2D eigenvalue weighted by Gasteiger charge is -2.17. The Balaban J connectivity index is 2.04. The number of aliphatic hydroxyl groups excluding tert-OH is 3. The Labute approximate surface area is 118 Å². The fourth-order valence-electron chi connectivity index (χ4n) is 2.38. The average molecular weight is 298 g/mol. The van der Waals surface area contributed by atoms with Gasteiger partial charge in [-0.1, -0.05) is 12.2 Å². The lowest BCUT2D eigenvalue weighted by atomic mass is 10.1. The van der Waals surface area contributed by atoms with Gasteiger partial charge < -0.3 is 25.0 Å². The highest BCUT2D eigenvalue weighted by atomic mass is 32.1. The molecule has 0 aliphatic carbocycles. The molecule has 9 heteroatoms. The molecule has 0 bridgehead atoms. The van der Waals surface area contributed by atoms with Gasteiger partial charge >= 0.3 is 0 Å². The van der Waals surface area contributed by atoms with Gasteiger partial charge in [0.1, 0.15) is 29.5 Å². The van der Waals surface area contributed by atoms with Gasteiger partial charge in [-0.05, 0) is 6.92 Å². The van der Waals surface area contributed by atoms with Crippen LogP contribution in [-0.4, -0.2) is 59.3 Å². The molecule has 1 unspecified atom stereocenters. The van der Waals surface area contributed by atoms with Crippen molar-refractivity contribution in [3.8, 4) is 0 Å². The summed E-state index contributed by atoms with van der Waals surface area (Å²) in [5.41, 5.74) is 1.01. The van der Waals surface area contributed by atoms with Crippen LogP contribution in [0.15, 0.2) is 12.7 Å². The standard InChI is InChI=1S/C11H14N4O4S/c1-4(16)8-6(17)7(18)11(19-8)15-3-14-5-9(15)12-2-13-10(5)20/h2-4,6-8,11,16-18H,1H3,(H,12,13,20)/t4?,6-,7+,8+,11+/m0/s1. The van der Waals surface area contributed by atoms with E-state index >= 15 is 0 Å². The third-order valence-electron chi connectivity index (χ3n) is 3.40. The second-order valence-corrected chi connectivity index (χ2v) is 5.16. The van der Waals surface area contributed by atoms with Crippen LogP contribution >= 0.6 is 12.2 Å². The normalized spacial score (nSPS) is 31.8. The van der Waals surface area contributed by atoms with E-state index in [1.165, 1.54) is 24.1 Å². The van der Waals surface area contributed by atoms with Gasteiger partial charge in [0.25, 0.3) is 0 Å². The number of hydrogen-bond donors (Lipinski definition) is 4. The van der Waals surface area contributed by atoms with E-state index in [2.05, 4.69) is 15.0 Å². The Kier molecular flexibility index (Phi) is 3.30. The van der Waals surface area contributed by atoms with Crippen molar-refractivity contribution in [2.75, 3.05) is 0 Å². The van der Waals surface area contributed by atoms with Crippen LogP contribution in [0.25, 0.3) is 11.2 Å². The largest absolute Gasteiger partial charge is 0.391 e. The first-order chi connectivity index (χ1) is 9.50. The van der Waals surface area contributed by atoms with Crippen molar-refractivity contribution in [2.24, 2.45) is 0 Å². The maximum Gasteiger partial charge on any atom is 0.165 e. The molecule has 1 fully saturated rings. The molecule has 2 aromatic rings. The molecule has 3 rings (SSSR count). The van der Waals surface area contributed by atoms with Crippen molar-refractivity contribution >= 4 is 23.4 Å². The number of aliphatic hydroxyl groups is 3. The molecule has 5 atom stereocenters. The van der Waals surface area contributed by atoms with Gasteiger partial charge in [0.05, 0.1) is 18.8 Å². The highest BCUT2D eigenvalue weighted by Crippen LogP contribution is 2.32. The lowest BCUT2D eigenvalue weighted by Crippen LogP contribution is -2.37. The third-order valence-corrected chi connectivity index (χ3v) is 3.70. The Morgan fingerprint density at radius 2 is 2.15 bits per heavy atom. The zero-order valence-corrected chi connectivity index (χ0v) is 11.4. The Morgan fingerprint density at radius 1 is 1.40 bits per heavy atom. The first-order valence-electron chi connectivity index (χ1n) is 6.10. The number of fused-ring (bicyclic) bond motifs is 1. The summed E-state index contributed by atoms with van der Waals surface area (Å²) in [5, 5.41) is 29.6. The van der Waals surface area contributed by atoms with E-state index in [1.54, 1.807) is 0 Å². The van der Waals surface area contributed by atoms with Crippen molar-refractivity contribution in [3.63, 3.8) is 0 Å². The molecule has 0 amide bonds. The Hall–Kier alpha value is -1.39. The fraction of sp³-hybridized carbons (Fsp3) is 0.545. The van der Waals surface area contributed by atoms with Gasteiger partial charge in [-0.2, -0.15) is 0 Å². The molecule has 2 aromatic heterocycles. The quantitative estimate of drug-likeness (QED) is 0.552. The number of ether oxygens (including phenoxy) is 1. The summed E-state index contributed by atoms with van der Waals surface area (Å²) < 4.78 is 7.40. The first kappa shape index (κ1) is 13.6. The van der Waals surface area contributed by atoms with Crippen molar-refractivity contribution in [2.45, 2.75) is 37.6 Å². The van der Waals surface area contributed by atoms with Crippen LogP contribution in [-0.2, 0) is 4.74 Å². The van der Waals surface area contributed by atoms with Crippen molar-refractivity contribution in [3.05, 3.63) is 17.3 Å². The van der Waals surface area contributed by atoms with E-state index in [4.69, 9.17) is 17.0 Å². The molecule has 20 heavy (non-hydrogen) atoms. The summed E-state index contributed by atoms with van der Waals surface area (Å²) in [5.74, 6) is 0. The summed E-state index contributed by atoms with van der Waals surface area (Å²) in [4.78, 5) is 10.9. The van der Waals surface area contributed by atoms with E-state index in [-0.39, 0.29) is 0 Å². The van der Waals surface area contributed by atoms with Crippen LogP contribution < -0.4 is 0 Å². The van der Waals surface area contributed by atoms with E-state index < -0.39 is 30.6 Å². The minimum absolute atomic E-state index is 0.331. The molecule has 0 radical (unpaired) electrons. The van der Waals surface area contributed by atoms with E-state index in [0.717, 1.165) is 0 Å². The molecule has 8 nitrogen and oxygen atoms in total. The third kappa shape index (κ3) is 1.95. The van der Waals surface area contributed by atoms with Gasteiger partial charge in [0, 0.05) is 0 Å². The van der Waals surface area contributed by atoms with E-state index in [9.17, 15) is 15.3 Å². The zero-order chi connectivity index (χ0) is 14.4. The Bertz CT molecular complexity index is 684. The summed E-state index contributed by atoms with van der Waals surface area (Å²) in [6.07, 6.45) is -2.11. The second kappa shape index (κ2) is 4.86. The SMILES string of the molecule is CC(O)[C@H]1O[C@@H](n2cnc3c(=S)nc[nH]c32)[C@H](O)[C@@H]1O. The molecular formula is C11H14N4O4S. The molecule has 1 aliphatic rings. The van der Waals surface area contributed by atoms with Crippen LogP contribution in [0.2, 0.25) is 0 Å². The van der Waals surface area contributed by atoms with Crippen LogP contribution in [0.1, 0.15) is 13.2 Å². The lowest BCUT2D eigenvalue weighted by molar-refractivity contribution is -0.0777. The van der Waals surface area contributed by atoms with Gasteiger partial charge in [-0.25, -0.2) is 9.97 Å². The summed E-state index contributed by atoms with van der Waals surface area (Å²) in [6, 6.07) is 0. The first-order valence-corrected chi connectivity index (χ1v) is 6.51. The molecule has 3 heterocycles. The average Bonchev–Trinajstić information content (AvgIpc) is 2.94. The number of nitrogens with zero attached hydrogens (tertiary/aromatic N) is 3. The highest BCUT2D eigenvalue weighted by molar-refractivity contribution is 7.71. The van der Waals surface area contributed by atoms with Crippen LogP contribution in [0.4, 0.5) is 0 Å². The van der Waals surface area contributed by atoms with Crippen molar-refractivity contribution in [1.82, 2.24) is 19.5 Å². The van der Waals surface area contributed by atoms with Crippen LogP contribution in [0.5, 0.6) is 0 Å². The van der Waals surface area contributed by atoms with Crippen molar-refractivity contribution in [1.29, 1.82) is 0 Å².